The van der Waals surface area contributed by atoms with Crippen LogP contribution in [-0.2, 0) is 9.59 Å². The summed E-state index contributed by atoms with van der Waals surface area (Å²) in [6.45, 7) is 4.22. The molecule has 0 heterocycles. The van der Waals surface area contributed by atoms with Crippen molar-refractivity contribution >= 4 is 11.9 Å². The highest BCUT2D eigenvalue weighted by atomic mass is 16.4. The van der Waals surface area contributed by atoms with Gasteiger partial charge in [0.1, 0.15) is 6.04 Å². The van der Waals surface area contributed by atoms with E-state index in [4.69, 9.17) is 5.11 Å². The number of hydrogen-bond acceptors (Lipinski definition) is 3. The Morgan fingerprint density at radius 1 is 1.38 bits per heavy atom. The Hall–Kier alpha value is -1.10. The molecule has 0 aliphatic heterocycles. The van der Waals surface area contributed by atoms with Crippen molar-refractivity contribution in [3.63, 3.8) is 0 Å². The molecule has 1 rings (SSSR count). The molecule has 1 amide bonds. The van der Waals surface area contributed by atoms with Crippen molar-refractivity contribution in [1.29, 1.82) is 0 Å². The Morgan fingerprint density at radius 2 is 2.00 bits per heavy atom. The van der Waals surface area contributed by atoms with Gasteiger partial charge in [-0.1, -0.05) is 0 Å². The minimum Gasteiger partial charge on any atom is -0.480 e. The summed E-state index contributed by atoms with van der Waals surface area (Å²) in [5.74, 6) is -0.597. The van der Waals surface area contributed by atoms with Crippen molar-refractivity contribution in [2.45, 2.75) is 45.2 Å². The first kappa shape index (κ1) is 13.0. The van der Waals surface area contributed by atoms with Crippen molar-refractivity contribution in [2.75, 3.05) is 6.54 Å². The standard InChI is InChI=1S/C11H20N2O3/c1-7(2)13-9(14)5-6-12-10(11(15)16)8-3-4-8/h7-8,10,12H,3-6H2,1-2H3,(H,13,14)(H,15,16). The van der Waals surface area contributed by atoms with Crippen LogP contribution in [0.2, 0.25) is 0 Å². The molecule has 5 heteroatoms. The molecule has 1 fully saturated rings. The second kappa shape index (κ2) is 5.84. The van der Waals surface area contributed by atoms with Crippen LogP contribution < -0.4 is 10.6 Å². The van der Waals surface area contributed by atoms with E-state index in [1.807, 2.05) is 13.8 Å². The number of carbonyl (C=O) groups excluding carboxylic acids is 1. The van der Waals surface area contributed by atoms with Crippen LogP contribution >= 0.6 is 0 Å². The Morgan fingerprint density at radius 3 is 2.44 bits per heavy atom. The number of carbonyl (C=O) groups is 2. The Balaban J connectivity index is 2.17. The van der Waals surface area contributed by atoms with E-state index < -0.39 is 12.0 Å². The zero-order valence-corrected chi connectivity index (χ0v) is 9.82. The van der Waals surface area contributed by atoms with E-state index in [2.05, 4.69) is 10.6 Å². The van der Waals surface area contributed by atoms with Gasteiger partial charge in [0, 0.05) is 19.0 Å². The maximum Gasteiger partial charge on any atom is 0.320 e. The number of carboxylic acid groups (broad SMARTS) is 1. The summed E-state index contributed by atoms with van der Waals surface area (Å²) in [7, 11) is 0. The smallest absolute Gasteiger partial charge is 0.320 e. The van der Waals surface area contributed by atoms with Gasteiger partial charge >= 0.3 is 5.97 Å². The third-order valence-electron chi connectivity index (χ3n) is 2.53. The zero-order valence-electron chi connectivity index (χ0n) is 9.82. The molecule has 1 unspecified atom stereocenters. The number of aliphatic carboxylic acids is 1. The van der Waals surface area contributed by atoms with Crippen molar-refractivity contribution < 1.29 is 14.7 Å². The van der Waals surface area contributed by atoms with E-state index in [9.17, 15) is 9.59 Å². The van der Waals surface area contributed by atoms with Crippen molar-refractivity contribution in [3.05, 3.63) is 0 Å². The molecule has 16 heavy (non-hydrogen) atoms. The van der Waals surface area contributed by atoms with Crippen LogP contribution in [0.25, 0.3) is 0 Å². The molecule has 0 aromatic heterocycles. The molecule has 0 spiro atoms. The summed E-state index contributed by atoms with van der Waals surface area (Å²) in [6, 6.07) is -0.349. The van der Waals surface area contributed by atoms with E-state index in [-0.39, 0.29) is 17.9 Å². The average Bonchev–Trinajstić information content (AvgIpc) is 2.93. The first-order chi connectivity index (χ1) is 7.50. The van der Waals surface area contributed by atoms with Crippen LogP contribution in [0.15, 0.2) is 0 Å². The summed E-state index contributed by atoms with van der Waals surface area (Å²) in [5, 5.41) is 14.6. The highest BCUT2D eigenvalue weighted by Crippen LogP contribution is 2.32. The lowest BCUT2D eigenvalue weighted by molar-refractivity contribution is -0.140. The second-order valence-electron chi connectivity index (χ2n) is 4.58. The summed E-state index contributed by atoms with van der Waals surface area (Å²) < 4.78 is 0. The Labute approximate surface area is 95.6 Å². The predicted octanol–water partition coefficient (Wildman–Crippen LogP) is 0.354. The lowest BCUT2D eigenvalue weighted by Gasteiger charge is -2.13. The molecule has 5 nitrogen and oxygen atoms in total. The summed E-state index contributed by atoms with van der Waals surface area (Å²) in [5.41, 5.74) is 0. The summed E-state index contributed by atoms with van der Waals surface area (Å²) in [4.78, 5) is 22.2. The first-order valence-corrected chi connectivity index (χ1v) is 5.76. The van der Waals surface area contributed by atoms with Gasteiger partial charge in [-0.25, -0.2) is 0 Å². The van der Waals surface area contributed by atoms with Gasteiger partial charge in [-0.3, -0.25) is 9.59 Å². The predicted molar refractivity (Wildman–Crippen MR) is 60.0 cm³/mol. The van der Waals surface area contributed by atoms with Crippen LogP contribution in [0.4, 0.5) is 0 Å². The highest BCUT2D eigenvalue weighted by Gasteiger charge is 2.35. The van der Waals surface area contributed by atoms with Gasteiger partial charge in [0.05, 0.1) is 0 Å². The fraction of sp³-hybridized carbons (Fsp3) is 0.818. The Bertz CT molecular complexity index is 262. The lowest BCUT2D eigenvalue weighted by atomic mass is 10.2. The largest absolute Gasteiger partial charge is 0.480 e. The molecular weight excluding hydrogens is 208 g/mol. The average molecular weight is 228 g/mol. The minimum atomic E-state index is -0.813. The van der Waals surface area contributed by atoms with Gasteiger partial charge in [0.2, 0.25) is 5.91 Å². The van der Waals surface area contributed by atoms with Crippen LogP contribution in [0, 0.1) is 5.92 Å². The van der Waals surface area contributed by atoms with Crippen molar-refractivity contribution in [3.8, 4) is 0 Å². The summed E-state index contributed by atoms with van der Waals surface area (Å²) >= 11 is 0. The topological polar surface area (TPSA) is 78.4 Å². The van der Waals surface area contributed by atoms with E-state index in [0.717, 1.165) is 12.8 Å². The fourth-order valence-electron chi connectivity index (χ4n) is 1.62. The molecule has 1 aliphatic rings. The molecule has 0 bridgehead atoms. The fourth-order valence-corrected chi connectivity index (χ4v) is 1.62. The molecular formula is C11H20N2O3. The number of carboxylic acids is 1. The highest BCUT2D eigenvalue weighted by molar-refractivity contribution is 5.77. The quantitative estimate of drug-likeness (QED) is 0.587. The molecule has 0 saturated heterocycles. The molecule has 0 radical (unpaired) electrons. The monoisotopic (exact) mass is 228 g/mol. The van der Waals surface area contributed by atoms with Crippen LogP contribution in [0.3, 0.4) is 0 Å². The number of nitrogens with one attached hydrogen (secondary N) is 2. The molecule has 1 atom stereocenters. The van der Waals surface area contributed by atoms with Gasteiger partial charge in [0.15, 0.2) is 0 Å². The van der Waals surface area contributed by atoms with Gasteiger partial charge in [0.25, 0.3) is 0 Å². The van der Waals surface area contributed by atoms with Crippen LogP contribution in [0.1, 0.15) is 33.1 Å². The molecule has 1 saturated carbocycles. The third kappa shape index (κ3) is 4.61. The first-order valence-electron chi connectivity index (χ1n) is 5.76. The molecule has 3 N–H and O–H groups in total. The lowest BCUT2D eigenvalue weighted by Crippen LogP contribution is -2.41. The van der Waals surface area contributed by atoms with E-state index in [1.165, 1.54) is 0 Å². The minimum absolute atomic E-state index is 0.0394. The van der Waals surface area contributed by atoms with Gasteiger partial charge < -0.3 is 15.7 Å². The molecule has 92 valence electrons. The SMILES string of the molecule is CC(C)NC(=O)CCNC(C(=O)O)C1CC1. The maximum atomic E-state index is 11.3. The molecule has 1 aliphatic carbocycles. The van der Waals surface area contributed by atoms with Gasteiger partial charge in [-0.15, -0.1) is 0 Å². The van der Waals surface area contributed by atoms with E-state index >= 15 is 0 Å². The molecule has 0 aromatic rings. The summed E-state index contributed by atoms with van der Waals surface area (Å²) in [6.07, 6.45) is 2.28. The van der Waals surface area contributed by atoms with Gasteiger partial charge in [-0.2, -0.15) is 0 Å². The van der Waals surface area contributed by atoms with E-state index in [0.29, 0.717) is 13.0 Å². The normalized spacial score (nSPS) is 17.2. The number of rotatable bonds is 7. The van der Waals surface area contributed by atoms with Crippen LogP contribution in [0.5, 0.6) is 0 Å². The van der Waals surface area contributed by atoms with Crippen LogP contribution in [-0.4, -0.2) is 35.6 Å². The Kier molecular flexibility index (Phi) is 4.73. The maximum absolute atomic E-state index is 11.3. The third-order valence-corrected chi connectivity index (χ3v) is 2.53. The molecule has 0 aromatic carbocycles. The van der Waals surface area contributed by atoms with Crippen molar-refractivity contribution in [1.82, 2.24) is 10.6 Å². The van der Waals surface area contributed by atoms with E-state index in [1.54, 1.807) is 0 Å². The number of hydrogen-bond donors (Lipinski definition) is 3. The van der Waals surface area contributed by atoms with Crippen molar-refractivity contribution in [2.24, 2.45) is 5.92 Å². The zero-order chi connectivity index (χ0) is 12.1. The van der Waals surface area contributed by atoms with Gasteiger partial charge in [-0.05, 0) is 32.6 Å². The number of amides is 1. The second-order valence-corrected chi connectivity index (χ2v) is 4.58.